The number of esters is 3. The topological polar surface area (TPSA) is 78.9 Å². The van der Waals surface area contributed by atoms with Gasteiger partial charge >= 0.3 is 17.9 Å². The number of hydrogen-bond donors (Lipinski definition) is 0. The van der Waals surface area contributed by atoms with E-state index in [0.29, 0.717) is 19.3 Å². The predicted octanol–water partition coefficient (Wildman–Crippen LogP) is 23.6. The van der Waals surface area contributed by atoms with E-state index in [1.54, 1.807) is 0 Å². The van der Waals surface area contributed by atoms with Crippen molar-refractivity contribution < 1.29 is 28.6 Å². The molecule has 0 rings (SSSR count). The molecule has 462 valence electrons. The summed E-state index contributed by atoms with van der Waals surface area (Å²) in [6.45, 7) is 6.43. The van der Waals surface area contributed by atoms with E-state index in [0.717, 1.165) is 148 Å². The summed E-state index contributed by atoms with van der Waals surface area (Å²) in [6.07, 6.45) is 95.0. The van der Waals surface area contributed by atoms with Crippen molar-refractivity contribution in [2.75, 3.05) is 13.2 Å². The summed E-state index contributed by atoms with van der Waals surface area (Å²) in [7, 11) is 0. The van der Waals surface area contributed by atoms with Gasteiger partial charge < -0.3 is 14.2 Å². The molecule has 0 spiro atoms. The summed E-state index contributed by atoms with van der Waals surface area (Å²) in [5.74, 6) is -0.908. The lowest BCUT2D eigenvalue weighted by Crippen LogP contribution is -2.30. The Kier molecular flexibility index (Phi) is 64.8. The van der Waals surface area contributed by atoms with Crippen LogP contribution in [0.15, 0.2) is 122 Å². The first-order chi connectivity index (χ1) is 40.0. The van der Waals surface area contributed by atoms with Gasteiger partial charge in [-0.25, -0.2) is 0 Å². The molecule has 0 aromatic carbocycles. The molecule has 1 unspecified atom stereocenters. The molecule has 0 aliphatic heterocycles. The molecule has 0 heterocycles. The van der Waals surface area contributed by atoms with Gasteiger partial charge in [0.05, 0.1) is 0 Å². The van der Waals surface area contributed by atoms with Crippen molar-refractivity contribution in [3.63, 3.8) is 0 Å². The summed E-state index contributed by atoms with van der Waals surface area (Å²) < 4.78 is 16.9. The van der Waals surface area contributed by atoms with Crippen molar-refractivity contribution in [3.8, 4) is 0 Å². The molecule has 0 N–H and O–H groups in total. The van der Waals surface area contributed by atoms with E-state index < -0.39 is 6.10 Å². The Hall–Kier alpha value is -4.19. The van der Waals surface area contributed by atoms with Crippen LogP contribution in [0.2, 0.25) is 0 Å². The monoisotopic (exact) mass is 1120 g/mol. The summed E-state index contributed by atoms with van der Waals surface area (Å²) in [4.78, 5) is 38.4. The van der Waals surface area contributed by atoms with Crippen molar-refractivity contribution in [3.05, 3.63) is 122 Å². The molecule has 0 aliphatic rings. The molecule has 81 heavy (non-hydrogen) atoms. The summed E-state index contributed by atoms with van der Waals surface area (Å²) >= 11 is 0. The van der Waals surface area contributed by atoms with E-state index in [-0.39, 0.29) is 31.1 Å². The largest absolute Gasteiger partial charge is 0.462 e. The van der Waals surface area contributed by atoms with Gasteiger partial charge in [-0.15, -0.1) is 0 Å². The lowest BCUT2D eigenvalue weighted by molar-refractivity contribution is -0.167. The van der Waals surface area contributed by atoms with E-state index in [9.17, 15) is 14.4 Å². The van der Waals surface area contributed by atoms with Gasteiger partial charge in [0, 0.05) is 19.3 Å². The lowest BCUT2D eigenvalue weighted by atomic mass is 10.0. The van der Waals surface area contributed by atoms with Gasteiger partial charge in [-0.3, -0.25) is 14.4 Å². The number of hydrogen-bond acceptors (Lipinski definition) is 6. The fourth-order valence-corrected chi connectivity index (χ4v) is 9.34. The molecule has 0 saturated heterocycles. The normalized spacial score (nSPS) is 12.9. The average Bonchev–Trinajstić information content (AvgIpc) is 3.46. The maximum Gasteiger partial charge on any atom is 0.306 e. The van der Waals surface area contributed by atoms with Crippen LogP contribution < -0.4 is 0 Å². The van der Waals surface area contributed by atoms with E-state index >= 15 is 0 Å². The third-order valence-electron chi connectivity index (χ3n) is 14.4. The second-order valence-corrected chi connectivity index (χ2v) is 22.3. The molecule has 0 aromatic heterocycles. The van der Waals surface area contributed by atoms with Crippen molar-refractivity contribution >= 4 is 17.9 Å². The van der Waals surface area contributed by atoms with E-state index in [1.807, 2.05) is 0 Å². The summed E-state index contributed by atoms with van der Waals surface area (Å²) in [6, 6.07) is 0. The zero-order valence-electron chi connectivity index (χ0n) is 53.0. The van der Waals surface area contributed by atoms with Crippen LogP contribution in [0.5, 0.6) is 0 Å². The first-order valence-corrected chi connectivity index (χ1v) is 34.0. The van der Waals surface area contributed by atoms with Crippen molar-refractivity contribution in [2.24, 2.45) is 0 Å². The third kappa shape index (κ3) is 66.5. The Morgan fingerprint density at radius 3 is 0.802 bits per heavy atom. The Morgan fingerprint density at radius 1 is 0.259 bits per heavy atom. The molecule has 0 aromatic rings. The van der Waals surface area contributed by atoms with Gasteiger partial charge in [-0.2, -0.15) is 0 Å². The number of rotatable bonds is 61. The van der Waals surface area contributed by atoms with Crippen LogP contribution >= 0.6 is 0 Å². The van der Waals surface area contributed by atoms with Crippen LogP contribution in [-0.4, -0.2) is 37.2 Å². The summed E-state index contributed by atoms with van der Waals surface area (Å²) in [5.41, 5.74) is 0. The highest BCUT2D eigenvalue weighted by atomic mass is 16.6. The molecule has 6 heteroatoms. The molecule has 0 fully saturated rings. The Bertz CT molecular complexity index is 1670. The van der Waals surface area contributed by atoms with Crippen LogP contribution in [0.1, 0.15) is 316 Å². The van der Waals surface area contributed by atoms with Crippen LogP contribution in [0.25, 0.3) is 0 Å². The van der Waals surface area contributed by atoms with E-state index in [1.165, 1.54) is 128 Å². The third-order valence-corrected chi connectivity index (χ3v) is 14.4. The maximum atomic E-state index is 12.9. The molecular weight excluding hydrogens is 997 g/mol. The van der Waals surface area contributed by atoms with Gasteiger partial charge in [-0.05, 0) is 128 Å². The molecule has 1 atom stereocenters. The predicted molar refractivity (Wildman–Crippen MR) is 353 cm³/mol. The molecule has 0 aliphatic carbocycles. The standard InChI is InChI=1S/C75H126O6/c1-4-7-10-13-16-19-22-25-27-29-31-32-33-34-35-36-37-38-39-40-41-42-44-45-47-50-53-56-59-62-65-68-74(77)80-71-72(70-79-73(76)67-64-61-58-55-52-49-24-21-18-15-12-9-6-3)81-75(78)69-66-63-60-57-54-51-48-46-43-30-28-26-23-20-17-14-11-8-5-2/h7,10,12,15-17,19-21,24-28,31-32,34-35,43,46,72H,4-6,8-9,11,13-14,18,22-23,29-30,33,36-42,44-45,47-71H2,1-3H3/b10-7-,15-12-,19-16-,20-17-,24-21-,27-25-,28-26-,32-31-,35-34-,46-43-. The number of allylic oxidation sites excluding steroid dienone is 20. The van der Waals surface area contributed by atoms with Gasteiger partial charge in [0.1, 0.15) is 13.2 Å². The molecule has 0 radical (unpaired) electrons. The van der Waals surface area contributed by atoms with Crippen LogP contribution in [-0.2, 0) is 28.6 Å². The first kappa shape index (κ1) is 76.8. The average molecular weight is 1120 g/mol. The smallest absolute Gasteiger partial charge is 0.306 e. The van der Waals surface area contributed by atoms with Crippen molar-refractivity contribution in [2.45, 2.75) is 322 Å². The minimum atomic E-state index is -0.794. The quantitative estimate of drug-likeness (QED) is 0.0261. The van der Waals surface area contributed by atoms with Crippen molar-refractivity contribution in [1.29, 1.82) is 0 Å². The Labute approximate surface area is 501 Å². The first-order valence-electron chi connectivity index (χ1n) is 34.0. The highest BCUT2D eigenvalue weighted by Gasteiger charge is 2.19. The zero-order valence-corrected chi connectivity index (χ0v) is 53.0. The number of carbonyl (C=O) groups excluding carboxylic acids is 3. The molecule has 0 saturated carbocycles. The zero-order chi connectivity index (χ0) is 58.5. The second kappa shape index (κ2) is 68.3. The van der Waals surface area contributed by atoms with Gasteiger partial charge in [0.25, 0.3) is 0 Å². The van der Waals surface area contributed by atoms with Crippen molar-refractivity contribution in [1.82, 2.24) is 0 Å². The number of ether oxygens (including phenoxy) is 3. The number of carbonyl (C=O) groups is 3. The Balaban J connectivity index is 4.26. The molecule has 0 bridgehead atoms. The minimum Gasteiger partial charge on any atom is -0.462 e. The van der Waals surface area contributed by atoms with Crippen LogP contribution in [0.4, 0.5) is 0 Å². The van der Waals surface area contributed by atoms with Crippen LogP contribution in [0.3, 0.4) is 0 Å². The van der Waals surface area contributed by atoms with Gasteiger partial charge in [0.15, 0.2) is 6.10 Å². The second-order valence-electron chi connectivity index (χ2n) is 22.3. The fraction of sp³-hybridized carbons (Fsp3) is 0.693. The maximum absolute atomic E-state index is 12.9. The van der Waals surface area contributed by atoms with Gasteiger partial charge in [0.2, 0.25) is 0 Å². The molecular formula is C75H126O6. The highest BCUT2D eigenvalue weighted by Crippen LogP contribution is 2.16. The fourth-order valence-electron chi connectivity index (χ4n) is 9.34. The van der Waals surface area contributed by atoms with Crippen LogP contribution in [0, 0.1) is 0 Å². The highest BCUT2D eigenvalue weighted by molar-refractivity contribution is 5.71. The Morgan fingerprint density at radius 2 is 0.506 bits per heavy atom. The minimum absolute atomic E-state index is 0.0883. The summed E-state index contributed by atoms with van der Waals surface area (Å²) in [5, 5.41) is 0. The SMILES string of the molecule is CC/C=C\C/C=C\C/C=C\C/C=C\C/C=C\CCCCCCCCCCCCCCCCCC(=O)OCC(COC(=O)CCCCCCC/C=C\C/C=C\CCC)OC(=O)CCCCCCCC/C=C\C/C=C\C/C=C\CCCCC. The number of unbranched alkanes of at least 4 members (excludes halogenated alkanes) is 30. The van der Waals surface area contributed by atoms with E-state index in [2.05, 4.69) is 142 Å². The van der Waals surface area contributed by atoms with E-state index in [4.69, 9.17) is 14.2 Å². The lowest BCUT2D eigenvalue weighted by Gasteiger charge is -2.18. The van der Waals surface area contributed by atoms with Gasteiger partial charge in [-0.1, -0.05) is 290 Å². The molecule has 6 nitrogen and oxygen atoms in total. The molecule has 0 amide bonds.